The van der Waals surface area contributed by atoms with Crippen molar-refractivity contribution >= 4 is 23.2 Å². The summed E-state index contributed by atoms with van der Waals surface area (Å²) in [4.78, 5) is 25.5. The van der Waals surface area contributed by atoms with Crippen molar-refractivity contribution < 1.29 is 14.3 Å². The van der Waals surface area contributed by atoms with Crippen LogP contribution in [0.15, 0.2) is 70.9 Å². The first kappa shape index (κ1) is 21.4. The minimum absolute atomic E-state index is 0.0220. The molecule has 0 aromatic heterocycles. The third-order valence-electron chi connectivity index (χ3n) is 5.63. The number of esters is 1. The number of rotatable bonds is 5. The molecule has 0 unspecified atom stereocenters. The number of hydrogen-bond acceptors (Lipinski definition) is 5. The van der Waals surface area contributed by atoms with Crippen LogP contribution in [-0.2, 0) is 9.53 Å². The normalized spacial score (nSPS) is 12.2. The Balaban J connectivity index is 1.74. The van der Waals surface area contributed by atoms with Gasteiger partial charge in [-0.15, -0.1) is 10.2 Å². The van der Waals surface area contributed by atoms with Gasteiger partial charge in [0.1, 0.15) is 5.71 Å². The number of benzene rings is 3. The van der Waals surface area contributed by atoms with Crippen molar-refractivity contribution in [3.05, 3.63) is 94.0 Å². The van der Waals surface area contributed by atoms with E-state index in [4.69, 9.17) is 4.74 Å². The van der Waals surface area contributed by atoms with Gasteiger partial charge in [0.05, 0.1) is 13.5 Å². The molecular formula is C27H24N2O3. The van der Waals surface area contributed by atoms with E-state index < -0.39 is 5.97 Å². The van der Waals surface area contributed by atoms with Crippen LogP contribution >= 0.6 is 0 Å². The molecule has 1 aliphatic carbocycles. The Bertz CT molecular complexity index is 1230. The molecule has 1 aliphatic rings. The molecule has 0 aliphatic heterocycles. The van der Waals surface area contributed by atoms with Crippen LogP contribution in [-0.4, -0.2) is 30.3 Å². The maximum absolute atomic E-state index is 13.1. The number of fused-ring (bicyclic) bond motifs is 3. The van der Waals surface area contributed by atoms with E-state index in [9.17, 15) is 9.59 Å². The highest BCUT2D eigenvalue weighted by molar-refractivity contribution is 6.41. The number of nitrogens with zero attached hydrogens (tertiary/aromatic N) is 2. The quantitative estimate of drug-likeness (QED) is 0.191. The monoisotopic (exact) mass is 424 g/mol. The van der Waals surface area contributed by atoms with E-state index in [0.29, 0.717) is 11.3 Å². The summed E-state index contributed by atoms with van der Waals surface area (Å²) in [6, 6.07) is 19.8. The predicted molar refractivity (Wildman–Crippen MR) is 127 cm³/mol. The Morgan fingerprint density at radius 2 is 1.31 bits per heavy atom. The van der Waals surface area contributed by atoms with E-state index in [1.807, 2.05) is 81.4 Å². The molecule has 0 spiro atoms. The van der Waals surface area contributed by atoms with Gasteiger partial charge in [-0.05, 0) is 43.0 Å². The molecule has 0 amide bonds. The van der Waals surface area contributed by atoms with Crippen molar-refractivity contribution in [3.63, 3.8) is 0 Å². The fourth-order valence-electron chi connectivity index (χ4n) is 4.34. The third-order valence-corrected chi connectivity index (χ3v) is 5.63. The fraction of sp³-hybridized carbons (Fsp3) is 0.185. The predicted octanol–water partition coefficient (Wildman–Crippen LogP) is 5.23. The molecular weight excluding hydrogens is 400 g/mol. The van der Waals surface area contributed by atoms with Crippen molar-refractivity contribution in [2.75, 3.05) is 7.11 Å². The molecule has 0 N–H and O–H groups in total. The Morgan fingerprint density at radius 1 is 0.812 bits per heavy atom. The average molecular weight is 425 g/mol. The number of methoxy groups -OCH3 is 1. The molecule has 5 heteroatoms. The molecule has 32 heavy (non-hydrogen) atoms. The molecule has 0 fully saturated rings. The summed E-state index contributed by atoms with van der Waals surface area (Å²) < 4.78 is 4.89. The first-order valence-electron chi connectivity index (χ1n) is 10.4. The van der Waals surface area contributed by atoms with Crippen molar-refractivity contribution in [2.45, 2.75) is 27.2 Å². The van der Waals surface area contributed by atoms with Gasteiger partial charge < -0.3 is 4.74 Å². The summed E-state index contributed by atoms with van der Waals surface area (Å²) in [5, 5.41) is 8.66. The minimum atomic E-state index is -0.662. The Kier molecular flexibility index (Phi) is 5.82. The standard InChI is InChI=1S/C27H24N2O3/c1-16-13-17(2)25(18(3)14-16)24(30)15-23(27(31)32-4)28-29-26-21-11-7-5-9-19(21)20-10-6-8-12-22(20)26/h5-14H,15H2,1-4H3. The van der Waals surface area contributed by atoms with Crippen LogP contribution < -0.4 is 0 Å². The summed E-state index contributed by atoms with van der Waals surface area (Å²) in [6.07, 6.45) is -0.183. The van der Waals surface area contributed by atoms with Gasteiger partial charge in [-0.25, -0.2) is 4.79 Å². The number of ether oxygens (including phenoxy) is 1. The first-order chi connectivity index (χ1) is 15.4. The van der Waals surface area contributed by atoms with Crippen LogP contribution in [0.5, 0.6) is 0 Å². The van der Waals surface area contributed by atoms with Crippen molar-refractivity contribution in [1.82, 2.24) is 0 Å². The average Bonchev–Trinajstić information content (AvgIpc) is 3.09. The fourth-order valence-corrected chi connectivity index (χ4v) is 4.34. The van der Waals surface area contributed by atoms with Gasteiger partial charge >= 0.3 is 5.97 Å². The molecule has 3 aromatic carbocycles. The molecule has 0 atom stereocenters. The molecule has 0 saturated carbocycles. The number of hydrogen-bond donors (Lipinski definition) is 0. The highest BCUT2D eigenvalue weighted by Gasteiger charge is 2.25. The SMILES string of the molecule is COC(=O)C(CC(=O)c1c(C)cc(C)cc1C)=NN=C1c2ccccc2-c2ccccc21. The Labute approximate surface area is 187 Å². The molecule has 0 radical (unpaired) electrons. The Hall–Kier alpha value is -3.86. The van der Waals surface area contributed by atoms with Crippen LogP contribution in [0.4, 0.5) is 0 Å². The lowest BCUT2D eigenvalue weighted by Gasteiger charge is -2.10. The highest BCUT2D eigenvalue weighted by Crippen LogP contribution is 2.36. The lowest BCUT2D eigenvalue weighted by Crippen LogP contribution is -2.21. The van der Waals surface area contributed by atoms with Gasteiger partial charge in [-0.3, -0.25) is 4.79 Å². The van der Waals surface area contributed by atoms with Gasteiger partial charge in [0.2, 0.25) is 0 Å². The second-order valence-electron chi connectivity index (χ2n) is 7.95. The van der Waals surface area contributed by atoms with Gasteiger partial charge in [0.15, 0.2) is 11.5 Å². The van der Waals surface area contributed by atoms with Gasteiger partial charge in [0, 0.05) is 16.7 Å². The summed E-state index contributed by atoms with van der Waals surface area (Å²) in [6.45, 7) is 5.78. The lowest BCUT2D eigenvalue weighted by molar-refractivity contribution is -0.132. The van der Waals surface area contributed by atoms with E-state index in [0.717, 1.165) is 38.9 Å². The maximum Gasteiger partial charge on any atom is 0.354 e. The summed E-state index contributed by atoms with van der Waals surface area (Å²) in [5.41, 5.74) is 8.12. The number of carbonyl (C=O) groups is 2. The molecule has 4 rings (SSSR count). The smallest absolute Gasteiger partial charge is 0.354 e. The Morgan fingerprint density at radius 3 is 1.81 bits per heavy atom. The van der Waals surface area contributed by atoms with Crippen LogP contribution in [0, 0.1) is 20.8 Å². The molecule has 160 valence electrons. The van der Waals surface area contributed by atoms with E-state index in [1.54, 1.807) is 0 Å². The number of carbonyl (C=O) groups excluding carboxylic acids is 2. The van der Waals surface area contributed by atoms with Crippen molar-refractivity contribution in [3.8, 4) is 11.1 Å². The molecule has 3 aromatic rings. The number of aryl methyl sites for hydroxylation is 3. The van der Waals surface area contributed by atoms with E-state index in [1.165, 1.54) is 7.11 Å². The van der Waals surface area contributed by atoms with Crippen molar-refractivity contribution in [1.29, 1.82) is 0 Å². The lowest BCUT2D eigenvalue weighted by atomic mass is 9.94. The van der Waals surface area contributed by atoms with Gasteiger partial charge in [-0.1, -0.05) is 66.2 Å². The third kappa shape index (κ3) is 3.89. The highest BCUT2D eigenvalue weighted by atomic mass is 16.5. The first-order valence-corrected chi connectivity index (χ1v) is 10.4. The maximum atomic E-state index is 13.1. The summed E-state index contributed by atoms with van der Waals surface area (Å²) >= 11 is 0. The zero-order valence-corrected chi connectivity index (χ0v) is 18.6. The molecule has 0 bridgehead atoms. The van der Waals surface area contributed by atoms with Crippen LogP contribution in [0.1, 0.15) is 44.6 Å². The second kappa shape index (κ2) is 8.71. The van der Waals surface area contributed by atoms with E-state index in [-0.39, 0.29) is 17.9 Å². The summed E-state index contributed by atoms with van der Waals surface area (Å²) in [7, 11) is 1.28. The molecule has 0 saturated heterocycles. The van der Waals surface area contributed by atoms with E-state index in [2.05, 4.69) is 10.2 Å². The zero-order chi connectivity index (χ0) is 22.8. The second-order valence-corrected chi connectivity index (χ2v) is 7.95. The van der Waals surface area contributed by atoms with Crippen molar-refractivity contribution in [2.24, 2.45) is 10.2 Å². The largest absolute Gasteiger partial charge is 0.464 e. The van der Waals surface area contributed by atoms with Gasteiger partial charge in [0.25, 0.3) is 0 Å². The molecule has 0 heterocycles. The van der Waals surface area contributed by atoms with Gasteiger partial charge in [-0.2, -0.15) is 0 Å². The van der Waals surface area contributed by atoms with Crippen LogP contribution in [0.3, 0.4) is 0 Å². The number of Topliss-reactive ketones (excluding diaryl/α,β-unsaturated/α-hetero) is 1. The molecule has 5 nitrogen and oxygen atoms in total. The van der Waals surface area contributed by atoms with E-state index >= 15 is 0 Å². The summed E-state index contributed by atoms with van der Waals surface area (Å²) in [5.74, 6) is -0.846. The minimum Gasteiger partial charge on any atom is -0.464 e. The zero-order valence-electron chi connectivity index (χ0n) is 18.6. The topological polar surface area (TPSA) is 68.1 Å². The van der Waals surface area contributed by atoms with Crippen LogP contribution in [0.25, 0.3) is 11.1 Å². The van der Waals surface area contributed by atoms with Crippen LogP contribution in [0.2, 0.25) is 0 Å². The number of ketones is 1.